The quantitative estimate of drug-likeness (QED) is 0.709. The predicted molar refractivity (Wildman–Crippen MR) is 95.9 cm³/mol. The van der Waals surface area contributed by atoms with Gasteiger partial charge in [-0.25, -0.2) is 5.43 Å². The lowest BCUT2D eigenvalue weighted by atomic mass is 10.0. The van der Waals surface area contributed by atoms with Gasteiger partial charge in [0.15, 0.2) is 0 Å². The molecule has 8 nitrogen and oxygen atoms in total. The van der Waals surface area contributed by atoms with Gasteiger partial charge in [0.25, 0.3) is 11.8 Å². The van der Waals surface area contributed by atoms with Gasteiger partial charge in [0.1, 0.15) is 0 Å². The van der Waals surface area contributed by atoms with Crippen LogP contribution in [-0.2, 0) is 0 Å². The van der Waals surface area contributed by atoms with E-state index in [0.717, 1.165) is 30.7 Å². The first-order chi connectivity index (χ1) is 12.7. The van der Waals surface area contributed by atoms with Crippen LogP contribution in [0, 0.1) is 0 Å². The Kier molecular flexibility index (Phi) is 5.66. The van der Waals surface area contributed by atoms with Crippen molar-refractivity contribution in [3.8, 4) is 0 Å². The predicted octanol–water partition coefficient (Wildman–Crippen LogP) is 1.56. The van der Waals surface area contributed by atoms with Crippen LogP contribution in [0.15, 0.2) is 65.9 Å². The average molecular weight is 350 g/mol. The lowest BCUT2D eigenvalue weighted by Gasteiger charge is -2.17. The Bertz CT molecular complexity index is 833. The normalized spacial score (nSPS) is 15.1. The topological polar surface area (TPSA) is 108 Å². The molecule has 0 radical (unpaired) electrons. The van der Waals surface area contributed by atoms with Gasteiger partial charge in [0, 0.05) is 41.6 Å². The zero-order valence-electron chi connectivity index (χ0n) is 14.0. The van der Waals surface area contributed by atoms with Crippen molar-refractivity contribution in [3.05, 3.63) is 72.0 Å². The number of pyridine rings is 2. The third-order valence-corrected chi connectivity index (χ3v) is 3.74. The Balaban J connectivity index is 1.56. The van der Waals surface area contributed by atoms with Gasteiger partial charge in [-0.2, -0.15) is 5.10 Å². The van der Waals surface area contributed by atoms with Crippen LogP contribution < -0.4 is 16.3 Å². The molecular formula is C18H18N6O2. The number of hydrogen-bond donors (Lipinski definition) is 3. The molecule has 26 heavy (non-hydrogen) atoms. The molecule has 0 spiro atoms. The fourth-order valence-corrected chi connectivity index (χ4v) is 2.40. The zero-order chi connectivity index (χ0) is 18.2. The summed E-state index contributed by atoms with van der Waals surface area (Å²) in [5.74, 6) is -0.539. The second-order valence-electron chi connectivity index (χ2n) is 5.62. The molecule has 132 valence electrons. The number of carbonyl (C=O) groups excluding carboxylic acids is 2. The first kappa shape index (κ1) is 17.3. The van der Waals surface area contributed by atoms with Crippen LogP contribution in [-0.4, -0.2) is 27.5 Å². The molecule has 0 atom stereocenters. The molecule has 0 saturated heterocycles. The minimum absolute atomic E-state index is 0.247. The Labute approximate surface area is 150 Å². The molecule has 0 unspecified atom stereocenters. The minimum Gasteiger partial charge on any atom is -0.302 e. The number of hydrazone groups is 1. The van der Waals surface area contributed by atoms with Gasteiger partial charge < -0.3 is 5.43 Å². The van der Waals surface area contributed by atoms with Crippen LogP contribution in [0.5, 0.6) is 0 Å². The number of allylic oxidation sites excluding steroid dienone is 2. The number of aromatic nitrogens is 2. The highest BCUT2D eigenvalue weighted by Crippen LogP contribution is 2.13. The Hall–Kier alpha value is -3.55. The van der Waals surface area contributed by atoms with E-state index < -0.39 is 0 Å². The molecule has 0 aliphatic heterocycles. The maximum absolute atomic E-state index is 12.0. The SMILES string of the molecule is O=C(N/N=C1/C=C(NNC(=O)c2ccncc2)CCC1)c1ccncc1. The molecule has 3 N–H and O–H groups in total. The van der Waals surface area contributed by atoms with Crippen molar-refractivity contribution < 1.29 is 9.59 Å². The summed E-state index contributed by atoms with van der Waals surface area (Å²) >= 11 is 0. The van der Waals surface area contributed by atoms with Crippen molar-refractivity contribution >= 4 is 17.5 Å². The Morgan fingerprint density at radius 2 is 1.50 bits per heavy atom. The third-order valence-electron chi connectivity index (χ3n) is 3.74. The first-order valence-corrected chi connectivity index (χ1v) is 8.16. The third kappa shape index (κ3) is 4.73. The van der Waals surface area contributed by atoms with E-state index in [4.69, 9.17) is 0 Å². The van der Waals surface area contributed by atoms with Gasteiger partial charge >= 0.3 is 0 Å². The van der Waals surface area contributed by atoms with Gasteiger partial charge in [0.05, 0.1) is 5.71 Å². The highest BCUT2D eigenvalue weighted by molar-refractivity contribution is 5.99. The summed E-state index contributed by atoms with van der Waals surface area (Å²) in [6.07, 6.45) is 10.5. The summed E-state index contributed by atoms with van der Waals surface area (Å²) in [4.78, 5) is 31.8. The van der Waals surface area contributed by atoms with Crippen molar-refractivity contribution in [2.24, 2.45) is 5.10 Å². The molecule has 2 heterocycles. The second-order valence-corrected chi connectivity index (χ2v) is 5.62. The lowest BCUT2D eigenvalue weighted by molar-refractivity contribution is 0.0935. The van der Waals surface area contributed by atoms with Crippen LogP contribution in [0.25, 0.3) is 0 Å². The standard InChI is InChI=1S/C18H18N6O2/c25-17(13-4-8-19-9-5-13)23-21-15-2-1-3-16(12-15)22-24-18(26)14-6-10-20-11-7-14/h4-12,21H,1-3H2,(H,23,25)(H,24,26)/b22-16+. The molecule has 8 heteroatoms. The maximum atomic E-state index is 12.0. The van der Waals surface area contributed by atoms with E-state index in [1.54, 1.807) is 49.1 Å². The number of nitrogens with one attached hydrogen (secondary N) is 3. The van der Waals surface area contributed by atoms with Gasteiger partial charge in [0.2, 0.25) is 0 Å². The van der Waals surface area contributed by atoms with Gasteiger partial charge in [-0.1, -0.05) is 0 Å². The highest BCUT2D eigenvalue weighted by Gasteiger charge is 2.11. The molecule has 0 fully saturated rings. The van der Waals surface area contributed by atoms with E-state index in [-0.39, 0.29) is 11.8 Å². The van der Waals surface area contributed by atoms with E-state index >= 15 is 0 Å². The van der Waals surface area contributed by atoms with Gasteiger partial charge in [-0.05, 0) is 49.6 Å². The molecule has 2 aromatic rings. The summed E-state index contributed by atoms with van der Waals surface area (Å²) in [6.45, 7) is 0. The van der Waals surface area contributed by atoms with E-state index in [9.17, 15) is 9.59 Å². The molecule has 1 aliphatic carbocycles. The number of carbonyl (C=O) groups is 2. The Morgan fingerprint density at radius 3 is 2.15 bits per heavy atom. The number of nitrogens with zero attached hydrogens (tertiary/aromatic N) is 3. The first-order valence-electron chi connectivity index (χ1n) is 8.16. The van der Waals surface area contributed by atoms with Crippen molar-refractivity contribution in [2.75, 3.05) is 0 Å². The minimum atomic E-state index is -0.292. The van der Waals surface area contributed by atoms with Crippen LogP contribution in [0.3, 0.4) is 0 Å². The lowest BCUT2D eigenvalue weighted by Crippen LogP contribution is -2.37. The monoisotopic (exact) mass is 350 g/mol. The molecule has 0 bridgehead atoms. The molecule has 0 saturated carbocycles. The van der Waals surface area contributed by atoms with Crippen LogP contribution in [0.4, 0.5) is 0 Å². The van der Waals surface area contributed by atoms with Crippen molar-refractivity contribution in [3.63, 3.8) is 0 Å². The van der Waals surface area contributed by atoms with Crippen LogP contribution in [0.1, 0.15) is 40.0 Å². The van der Waals surface area contributed by atoms with Crippen molar-refractivity contribution in [2.45, 2.75) is 19.3 Å². The van der Waals surface area contributed by atoms with E-state index in [1.165, 1.54) is 0 Å². The molecule has 2 amide bonds. The fraction of sp³-hybridized carbons (Fsp3) is 0.167. The fourth-order valence-electron chi connectivity index (χ4n) is 2.40. The number of hydrazine groups is 1. The zero-order valence-corrected chi connectivity index (χ0v) is 14.0. The van der Waals surface area contributed by atoms with Gasteiger partial charge in [-0.15, -0.1) is 0 Å². The smallest absolute Gasteiger partial charge is 0.271 e. The molecule has 1 aliphatic rings. The van der Waals surface area contributed by atoms with E-state index in [2.05, 4.69) is 31.3 Å². The Morgan fingerprint density at radius 1 is 0.885 bits per heavy atom. The molecule has 2 aromatic heterocycles. The molecule has 0 aromatic carbocycles. The number of rotatable bonds is 5. The average Bonchev–Trinajstić information content (AvgIpc) is 2.72. The summed E-state index contributed by atoms with van der Waals surface area (Å²) in [7, 11) is 0. The molecular weight excluding hydrogens is 332 g/mol. The summed E-state index contributed by atoms with van der Waals surface area (Å²) in [5, 5.41) is 4.15. The second kappa shape index (κ2) is 8.52. The van der Waals surface area contributed by atoms with Crippen molar-refractivity contribution in [1.29, 1.82) is 0 Å². The summed E-state index contributed by atoms with van der Waals surface area (Å²) in [6, 6.07) is 6.50. The van der Waals surface area contributed by atoms with E-state index in [0.29, 0.717) is 11.1 Å². The highest BCUT2D eigenvalue weighted by atomic mass is 16.2. The maximum Gasteiger partial charge on any atom is 0.271 e. The van der Waals surface area contributed by atoms with Crippen LogP contribution in [0.2, 0.25) is 0 Å². The molecule has 3 rings (SSSR count). The van der Waals surface area contributed by atoms with Crippen molar-refractivity contribution in [1.82, 2.24) is 26.2 Å². The van der Waals surface area contributed by atoms with E-state index in [1.807, 2.05) is 6.08 Å². The largest absolute Gasteiger partial charge is 0.302 e. The number of amides is 2. The van der Waals surface area contributed by atoms with Gasteiger partial charge in [-0.3, -0.25) is 25.0 Å². The summed E-state index contributed by atoms with van der Waals surface area (Å²) in [5.41, 5.74) is 10.7. The van der Waals surface area contributed by atoms with Crippen LogP contribution >= 0.6 is 0 Å². The number of hydrogen-bond acceptors (Lipinski definition) is 6. The summed E-state index contributed by atoms with van der Waals surface area (Å²) < 4.78 is 0.